The molecule has 9 heteroatoms. The van der Waals surface area contributed by atoms with E-state index in [4.69, 9.17) is 4.74 Å². The van der Waals surface area contributed by atoms with E-state index in [1.54, 1.807) is 32.6 Å². The second-order valence-corrected chi connectivity index (χ2v) is 8.05. The zero-order valence-electron chi connectivity index (χ0n) is 16.4. The van der Waals surface area contributed by atoms with Crippen molar-refractivity contribution in [2.75, 3.05) is 18.4 Å². The van der Waals surface area contributed by atoms with Gasteiger partial charge < -0.3 is 19.7 Å². The fourth-order valence-corrected chi connectivity index (χ4v) is 2.76. The zero-order chi connectivity index (χ0) is 21.2. The summed E-state index contributed by atoms with van der Waals surface area (Å²) in [4.78, 5) is 26.4. The van der Waals surface area contributed by atoms with Crippen molar-refractivity contribution in [2.24, 2.45) is 5.41 Å². The van der Waals surface area contributed by atoms with E-state index in [9.17, 15) is 22.8 Å². The minimum Gasteiger partial charge on any atom is -0.444 e. The Labute approximate surface area is 162 Å². The number of benzene rings is 1. The highest BCUT2D eigenvalue weighted by Gasteiger charge is 2.39. The van der Waals surface area contributed by atoms with Crippen LogP contribution in [0.1, 0.15) is 40.5 Å². The van der Waals surface area contributed by atoms with Crippen LogP contribution in [0.5, 0.6) is 5.75 Å². The first-order valence-corrected chi connectivity index (χ1v) is 8.93. The molecule has 2 rings (SSSR count). The summed E-state index contributed by atoms with van der Waals surface area (Å²) in [5.41, 5.74) is -0.910. The maximum atomic E-state index is 12.7. The molecule has 0 spiro atoms. The molecule has 1 fully saturated rings. The second-order valence-electron chi connectivity index (χ2n) is 8.05. The predicted octanol–water partition coefficient (Wildman–Crippen LogP) is 4.56. The number of hydrogen-bond donors (Lipinski definition) is 1. The highest BCUT2D eigenvalue weighted by Crippen LogP contribution is 2.33. The monoisotopic (exact) mass is 402 g/mol. The van der Waals surface area contributed by atoms with Crippen molar-refractivity contribution < 1.29 is 32.2 Å². The molecule has 0 saturated carbocycles. The lowest BCUT2D eigenvalue weighted by Crippen LogP contribution is -2.48. The van der Waals surface area contributed by atoms with Crippen LogP contribution in [-0.4, -0.2) is 42.0 Å². The van der Waals surface area contributed by atoms with Crippen LogP contribution in [0.3, 0.4) is 0 Å². The molecule has 0 unspecified atom stereocenters. The third kappa shape index (κ3) is 6.31. The number of rotatable bonds is 3. The topological polar surface area (TPSA) is 67.9 Å². The summed E-state index contributed by atoms with van der Waals surface area (Å²) < 4.78 is 45.7. The fourth-order valence-electron chi connectivity index (χ4n) is 2.76. The molecule has 2 amide bonds. The molecule has 1 heterocycles. The number of carbonyl (C=O) groups is 2. The molecular formula is C19H25F3N2O4. The molecule has 1 saturated heterocycles. The van der Waals surface area contributed by atoms with Crippen LogP contribution in [-0.2, 0) is 9.53 Å². The van der Waals surface area contributed by atoms with Gasteiger partial charge in [0.1, 0.15) is 11.4 Å². The average molecular weight is 402 g/mol. The number of ether oxygens (including phenoxy) is 2. The highest BCUT2D eigenvalue weighted by molar-refractivity contribution is 5.95. The van der Waals surface area contributed by atoms with Crippen molar-refractivity contribution in [1.29, 1.82) is 0 Å². The number of nitrogens with zero attached hydrogens (tertiary/aromatic N) is 1. The Kier molecular flexibility index (Phi) is 6.15. The van der Waals surface area contributed by atoms with Gasteiger partial charge in [-0.3, -0.25) is 4.79 Å². The normalized spacial score (nSPS) is 17.0. The van der Waals surface area contributed by atoms with E-state index in [1.165, 1.54) is 12.1 Å². The lowest BCUT2D eigenvalue weighted by molar-refractivity contribution is -0.274. The van der Waals surface area contributed by atoms with Gasteiger partial charge in [-0.25, -0.2) is 4.79 Å². The summed E-state index contributed by atoms with van der Waals surface area (Å²) in [7, 11) is 0. The quantitative estimate of drug-likeness (QED) is 0.805. The zero-order valence-corrected chi connectivity index (χ0v) is 16.4. The summed E-state index contributed by atoms with van der Waals surface area (Å²) in [5, 5.41) is 2.71. The maximum Gasteiger partial charge on any atom is 0.573 e. The Hall–Kier alpha value is -2.45. The first-order valence-electron chi connectivity index (χ1n) is 8.93. The van der Waals surface area contributed by atoms with Crippen molar-refractivity contribution in [1.82, 2.24) is 4.90 Å². The SMILES string of the molecule is CC(C)(C)OC(=O)N1CCC(C)(C(=O)Nc2ccc(OC(F)(F)F)cc2)CC1. The van der Waals surface area contributed by atoms with E-state index in [0.717, 1.165) is 12.1 Å². The molecule has 0 aliphatic carbocycles. The molecule has 1 aliphatic rings. The van der Waals surface area contributed by atoms with Crippen LogP contribution in [0.15, 0.2) is 24.3 Å². The summed E-state index contributed by atoms with van der Waals surface area (Å²) in [5.74, 6) is -0.608. The number of piperidine rings is 1. The minimum absolute atomic E-state index is 0.249. The lowest BCUT2D eigenvalue weighted by atomic mass is 9.79. The van der Waals surface area contributed by atoms with E-state index < -0.39 is 23.5 Å². The summed E-state index contributed by atoms with van der Waals surface area (Å²) in [6.07, 6.45) is -4.27. The van der Waals surface area contributed by atoms with Gasteiger partial charge in [0.2, 0.25) is 5.91 Å². The van der Waals surface area contributed by atoms with Crippen molar-refractivity contribution in [3.63, 3.8) is 0 Å². The van der Waals surface area contributed by atoms with Crippen molar-refractivity contribution in [2.45, 2.75) is 52.5 Å². The number of hydrogen-bond acceptors (Lipinski definition) is 4. The summed E-state index contributed by atoms with van der Waals surface area (Å²) in [6.45, 7) is 7.94. The molecule has 1 aromatic rings. The van der Waals surface area contributed by atoms with E-state index in [2.05, 4.69) is 10.1 Å². The number of anilines is 1. The van der Waals surface area contributed by atoms with Gasteiger partial charge in [-0.05, 0) is 57.9 Å². The maximum absolute atomic E-state index is 12.7. The van der Waals surface area contributed by atoms with E-state index in [-0.39, 0.29) is 11.7 Å². The number of halogens is 3. The predicted molar refractivity (Wildman–Crippen MR) is 96.9 cm³/mol. The number of likely N-dealkylation sites (tertiary alicyclic amines) is 1. The van der Waals surface area contributed by atoms with Gasteiger partial charge in [0.25, 0.3) is 0 Å². The molecule has 0 bridgehead atoms. The Morgan fingerprint density at radius 1 is 1.07 bits per heavy atom. The smallest absolute Gasteiger partial charge is 0.444 e. The molecule has 28 heavy (non-hydrogen) atoms. The first kappa shape index (κ1) is 21.8. The third-order valence-corrected chi connectivity index (χ3v) is 4.41. The van der Waals surface area contributed by atoms with Gasteiger partial charge in [-0.1, -0.05) is 6.92 Å². The number of nitrogens with one attached hydrogen (secondary N) is 1. The second kappa shape index (κ2) is 7.89. The molecule has 1 aromatic carbocycles. The average Bonchev–Trinajstić information content (AvgIpc) is 2.54. The standard InChI is InChI=1S/C19H25F3N2O4/c1-17(2,3)28-16(26)24-11-9-18(4,10-12-24)15(25)23-13-5-7-14(8-6-13)27-19(20,21)22/h5-8H,9-12H2,1-4H3,(H,23,25). The molecule has 6 nitrogen and oxygen atoms in total. The third-order valence-electron chi connectivity index (χ3n) is 4.41. The van der Waals surface area contributed by atoms with Crippen molar-refractivity contribution >= 4 is 17.7 Å². The molecule has 156 valence electrons. The highest BCUT2D eigenvalue weighted by atomic mass is 19.4. The van der Waals surface area contributed by atoms with Crippen LogP contribution in [0.4, 0.5) is 23.7 Å². The van der Waals surface area contributed by atoms with Crippen LogP contribution in [0, 0.1) is 5.41 Å². The Bertz CT molecular complexity index is 703. The van der Waals surface area contributed by atoms with Crippen LogP contribution in [0.25, 0.3) is 0 Å². The molecule has 1 aliphatic heterocycles. The molecule has 0 aromatic heterocycles. The van der Waals surface area contributed by atoms with Gasteiger partial charge in [0.15, 0.2) is 0 Å². The first-order chi connectivity index (χ1) is 12.8. The number of alkyl halides is 3. The largest absolute Gasteiger partial charge is 0.573 e. The molecule has 0 radical (unpaired) electrons. The van der Waals surface area contributed by atoms with Crippen LogP contribution >= 0.6 is 0 Å². The van der Waals surface area contributed by atoms with Gasteiger partial charge in [0, 0.05) is 18.8 Å². The van der Waals surface area contributed by atoms with E-state index in [0.29, 0.717) is 31.6 Å². The fraction of sp³-hybridized carbons (Fsp3) is 0.579. The molecular weight excluding hydrogens is 377 g/mol. The summed E-state index contributed by atoms with van der Waals surface area (Å²) >= 11 is 0. The Morgan fingerprint density at radius 3 is 2.07 bits per heavy atom. The van der Waals surface area contributed by atoms with Gasteiger partial charge in [-0.2, -0.15) is 0 Å². The van der Waals surface area contributed by atoms with Crippen LogP contribution < -0.4 is 10.1 Å². The minimum atomic E-state index is -4.76. The Balaban J connectivity index is 1.91. The van der Waals surface area contributed by atoms with Crippen molar-refractivity contribution in [3.8, 4) is 5.75 Å². The summed E-state index contributed by atoms with van der Waals surface area (Å²) in [6, 6.07) is 4.96. The molecule has 0 atom stereocenters. The lowest BCUT2D eigenvalue weighted by Gasteiger charge is -2.38. The van der Waals surface area contributed by atoms with Crippen LogP contribution in [0.2, 0.25) is 0 Å². The van der Waals surface area contributed by atoms with Crippen molar-refractivity contribution in [3.05, 3.63) is 24.3 Å². The number of amides is 2. The van der Waals surface area contributed by atoms with Gasteiger partial charge in [0.05, 0.1) is 5.41 Å². The Morgan fingerprint density at radius 2 is 1.61 bits per heavy atom. The van der Waals surface area contributed by atoms with Gasteiger partial charge in [-0.15, -0.1) is 13.2 Å². The van der Waals surface area contributed by atoms with Gasteiger partial charge >= 0.3 is 12.5 Å². The molecule has 1 N–H and O–H groups in total. The van der Waals surface area contributed by atoms with E-state index >= 15 is 0 Å². The number of carbonyl (C=O) groups excluding carboxylic acids is 2. The van der Waals surface area contributed by atoms with E-state index in [1.807, 2.05) is 0 Å².